The number of benzene rings is 2. The summed E-state index contributed by atoms with van der Waals surface area (Å²) < 4.78 is 11.5. The molecule has 0 aliphatic rings. The first-order valence-corrected chi connectivity index (χ1v) is 9.26. The highest BCUT2D eigenvalue weighted by Gasteiger charge is 2.09. The van der Waals surface area contributed by atoms with Gasteiger partial charge in [0.1, 0.15) is 11.5 Å². The van der Waals surface area contributed by atoms with Crippen LogP contribution in [0, 0.1) is 0 Å². The van der Waals surface area contributed by atoms with E-state index in [1.54, 1.807) is 36.9 Å². The molecule has 0 atom stereocenters. The first-order chi connectivity index (χ1) is 12.2. The minimum atomic E-state index is 0.806. The molecule has 5 nitrogen and oxygen atoms in total. The smallest absolute Gasteiger partial charge is 0.190 e. The maximum atomic E-state index is 5.24. The van der Waals surface area contributed by atoms with Gasteiger partial charge in [-0.25, -0.2) is 9.97 Å². The summed E-state index contributed by atoms with van der Waals surface area (Å²) in [6.07, 6.45) is 0. The number of nitrogens with one attached hydrogen (secondary N) is 1. The fourth-order valence-electron chi connectivity index (χ4n) is 2.40. The average Bonchev–Trinajstić information content (AvgIpc) is 3.27. The fourth-order valence-corrected chi connectivity index (χ4v) is 4.03. The lowest BCUT2D eigenvalue weighted by Gasteiger charge is -2.00. The normalized spacial score (nSPS) is 10.8. The van der Waals surface area contributed by atoms with Gasteiger partial charge in [-0.2, -0.15) is 0 Å². The van der Waals surface area contributed by atoms with Gasteiger partial charge in [-0.05, 0) is 36.4 Å². The molecule has 7 heteroatoms. The second-order valence-electron chi connectivity index (χ2n) is 5.24. The number of rotatable bonds is 5. The molecule has 25 heavy (non-hydrogen) atoms. The van der Waals surface area contributed by atoms with Gasteiger partial charge in [-0.1, -0.05) is 11.3 Å². The molecule has 0 fully saturated rings. The van der Waals surface area contributed by atoms with Crippen LogP contribution in [0.25, 0.3) is 21.5 Å². The predicted molar refractivity (Wildman–Crippen MR) is 104 cm³/mol. The molecular weight excluding hydrogens is 354 g/mol. The molecule has 1 N–H and O–H groups in total. The minimum Gasteiger partial charge on any atom is -0.497 e. The van der Waals surface area contributed by atoms with Gasteiger partial charge < -0.3 is 14.8 Å². The van der Waals surface area contributed by atoms with Crippen molar-refractivity contribution in [3.8, 4) is 22.8 Å². The van der Waals surface area contributed by atoms with Gasteiger partial charge in [-0.15, -0.1) is 11.3 Å². The van der Waals surface area contributed by atoms with E-state index >= 15 is 0 Å². The number of anilines is 2. The molecule has 2 aromatic carbocycles. The first-order valence-electron chi connectivity index (χ1n) is 7.57. The molecule has 0 saturated carbocycles. The monoisotopic (exact) mass is 369 g/mol. The summed E-state index contributed by atoms with van der Waals surface area (Å²) in [5.74, 6) is 1.64. The Kier molecular flexibility index (Phi) is 4.25. The molecule has 2 aromatic heterocycles. The van der Waals surface area contributed by atoms with E-state index in [9.17, 15) is 0 Å². The summed E-state index contributed by atoms with van der Waals surface area (Å²) in [6.45, 7) is 0. The minimum absolute atomic E-state index is 0.806. The number of hydrogen-bond donors (Lipinski definition) is 1. The van der Waals surface area contributed by atoms with Gasteiger partial charge in [0.05, 0.1) is 30.1 Å². The van der Waals surface area contributed by atoms with E-state index in [2.05, 4.69) is 15.3 Å². The number of thiazole rings is 2. The van der Waals surface area contributed by atoms with Crippen LogP contribution in [0.15, 0.2) is 47.8 Å². The lowest BCUT2D eigenvalue weighted by Crippen LogP contribution is -1.88. The highest BCUT2D eigenvalue weighted by Crippen LogP contribution is 2.33. The van der Waals surface area contributed by atoms with Gasteiger partial charge in [0, 0.05) is 17.0 Å². The Balaban J connectivity index is 1.56. The molecule has 0 aliphatic heterocycles. The van der Waals surface area contributed by atoms with Gasteiger partial charge in [0.15, 0.2) is 10.3 Å². The standard InChI is InChI=1S/C18H15N3O2S2/c1-22-12-5-3-11(4-6-12)15-10-24-17(20-15)21-18-19-14-9-13(23-2)7-8-16(14)25-18/h3-10H,1-2H3,(H,19,20,21). The van der Waals surface area contributed by atoms with E-state index in [-0.39, 0.29) is 0 Å². The molecule has 0 unspecified atom stereocenters. The fraction of sp³-hybridized carbons (Fsp3) is 0.111. The zero-order valence-electron chi connectivity index (χ0n) is 13.6. The summed E-state index contributed by atoms with van der Waals surface area (Å²) >= 11 is 3.15. The molecule has 0 spiro atoms. The van der Waals surface area contributed by atoms with Crippen LogP contribution in [-0.4, -0.2) is 24.2 Å². The zero-order valence-corrected chi connectivity index (χ0v) is 15.3. The first kappa shape index (κ1) is 15.9. The maximum absolute atomic E-state index is 5.24. The van der Waals surface area contributed by atoms with Gasteiger partial charge in [0.2, 0.25) is 0 Å². The molecular formula is C18H15N3O2S2. The zero-order chi connectivity index (χ0) is 17.2. The summed E-state index contributed by atoms with van der Waals surface area (Å²) in [7, 11) is 3.32. The van der Waals surface area contributed by atoms with Crippen LogP contribution >= 0.6 is 22.7 Å². The Morgan fingerprint density at radius 1 is 0.880 bits per heavy atom. The maximum Gasteiger partial charge on any atom is 0.190 e. The van der Waals surface area contributed by atoms with E-state index in [1.165, 1.54) is 0 Å². The van der Waals surface area contributed by atoms with Gasteiger partial charge in [0.25, 0.3) is 0 Å². The Bertz CT molecular complexity index is 1010. The molecule has 0 amide bonds. The summed E-state index contributed by atoms with van der Waals surface area (Å²) in [6, 6.07) is 13.8. The Morgan fingerprint density at radius 3 is 2.40 bits per heavy atom. The van der Waals surface area contributed by atoms with Crippen molar-refractivity contribution in [3.05, 3.63) is 47.8 Å². The van der Waals surface area contributed by atoms with E-state index < -0.39 is 0 Å². The van der Waals surface area contributed by atoms with E-state index in [1.807, 2.05) is 47.8 Å². The molecule has 4 rings (SSSR count). The van der Waals surface area contributed by atoms with E-state index in [0.717, 1.165) is 43.2 Å². The van der Waals surface area contributed by atoms with Crippen molar-refractivity contribution < 1.29 is 9.47 Å². The molecule has 2 heterocycles. The van der Waals surface area contributed by atoms with Crippen molar-refractivity contribution in [1.29, 1.82) is 0 Å². The van der Waals surface area contributed by atoms with Crippen molar-refractivity contribution in [2.75, 3.05) is 19.5 Å². The summed E-state index contributed by atoms with van der Waals surface area (Å²) in [5, 5.41) is 6.96. The highest BCUT2D eigenvalue weighted by atomic mass is 32.1. The molecule has 126 valence electrons. The van der Waals surface area contributed by atoms with Gasteiger partial charge in [-0.3, -0.25) is 0 Å². The average molecular weight is 369 g/mol. The number of methoxy groups -OCH3 is 2. The van der Waals surface area contributed by atoms with Crippen LogP contribution in [0.2, 0.25) is 0 Å². The van der Waals surface area contributed by atoms with Crippen LogP contribution in [0.5, 0.6) is 11.5 Å². The van der Waals surface area contributed by atoms with E-state index in [0.29, 0.717) is 0 Å². The molecule has 0 saturated heterocycles. The van der Waals surface area contributed by atoms with Crippen LogP contribution in [0.3, 0.4) is 0 Å². The third kappa shape index (κ3) is 3.29. The van der Waals surface area contributed by atoms with Crippen molar-refractivity contribution in [2.24, 2.45) is 0 Å². The Morgan fingerprint density at radius 2 is 1.64 bits per heavy atom. The summed E-state index contributed by atoms with van der Waals surface area (Å²) in [5.41, 5.74) is 2.90. The van der Waals surface area contributed by atoms with Crippen molar-refractivity contribution in [1.82, 2.24) is 9.97 Å². The quantitative estimate of drug-likeness (QED) is 0.525. The largest absolute Gasteiger partial charge is 0.497 e. The lowest BCUT2D eigenvalue weighted by molar-refractivity contribution is 0.415. The molecule has 4 aromatic rings. The number of hydrogen-bond acceptors (Lipinski definition) is 7. The Labute approximate surface area is 152 Å². The number of aromatic nitrogens is 2. The van der Waals surface area contributed by atoms with Crippen LogP contribution in [-0.2, 0) is 0 Å². The van der Waals surface area contributed by atoms with E-state index in [4.69, 9.17) is 9.47 Å². The number of fused-ring (bicyclic) bond motifs is 1. The topological polar surface area (TPSA) is 56.3 Å². The van der Waals surface area contributed by atoms with Gasteiger partial charge >= 0.3 is 0 Å². The SMILES string of the molecule is COc1ccc(-c2csc(Nc3nc4cc(OC)ccc4s3)n2)cc1. The van der Waals surface area contributed by atoms with Crippen molar-refractivity contribution >= 4 is 43.2 Å². The predicted octanol–water partition coefficient (Wildman–Crippen LogP) is 5.18. The van der Waals surface area contributed by atoms with Crippen LogP contribution in [0.1, 0.15) is 0 Å². The molecule has 0 bridgehead atoms. The number of ether oxygens (including phenoxy) is 2. The van der Waals surface area contributed by atoms with Crippen molar-refractivity contribution in [3.63, 3.8) is 0 Å². The molecule has 0 aliphatic carbocycles. The lowest BCUT2D eigenvalue weighted by atomic mass is 10.2. The Hall–Kier alpha value is -2.64. The second kappa shape index (κ2) is 6.70. The van der Waals surface area contributed by atoms with Crippen LogP contribution in [0.4, 0.5) is 10.3 Å². The highest BCUT2D eigenvalue weighted by molar-refractivity contribution is 7.22. The third-order valence-electron chi connectivity index (χ3n) is 3.70. The third-order valence-corrected chi connectivity index (χ3v) is 5.41. The van der Waals surface area contributed by atoms with Crippen LogP contribution < -0.4 is 14.8 Å². The van der Waals surface area contributed by atoms with Crippen molar-refractivity contribution in [2.45, 2.75) is 0 Å². The second-order valence-corrected chi connectivity index (χ2v) is 7.13. The summed E-state index contributed by atoms with van der Waals surface area (Å²) in [4.78, 5) is 9.24. The molecule has 0 radical (unpaired) electrons. The number of nitrogens with zero attached hydrogens (tertiary/aromatic N) is 2.